The predicted molar refractivity (Wildman–Crippen MR) is 65.5 cm³/mol. The number of carbonyl (C=O) groups is 1. The number of rotatable bonds is 4. The van der Waals surface area contributed by atoms with Gasteiger partial charge in [-0.1, -0.05) is 24.3 Å². The van der Waals surface area contributed by atoms with Crippen LogP contribution in [-0.2, 0) is 0 Å². The Hall–Kier alpha value is -1.96. The Kier molecular flexibility index (Phi) is 3.10. The van der Waals surface area contributed by atoms with Crippen LogP contribution in [0.2, 0.25) is 0 Å². The molecule has 0 aliphatic heterocycles. The molecule has 80 valence electrons. The van der Waals surface area contributed by atoms with Gasteiger partial charge in [-0.25, -0.2) is 0 Å². The van der Waals surface area contributed by atoms with Gasteiger partial charge in [0.2, 0.25) is 0 Å². The normalized spacial score (nSPS) is 10.2. The number of aromatic nitrogens is 1. The third-order valence-corrected chi connectivity index (χ3v) is 2.52. The quantitative estimate of drug-likeness (QED) is 0.573. The zero-order chi connectivity index (χ0) is 11.4. The topological polar surface area (TPSA) is 30.0 Å². The van der Waals surface area contributed by atoms with Crippen LogP contribution in [0, 0.1) is 0 Å². The van der Waals surface area contributed by atoms with Crippen molar-refractivity contribution >= 4 is 16.7 Å². The fourth-order valence-electron chi connectivity index (χ4n) is 1.71. The maximum atomic E-state index is 11.9. The van der Waals surface area contributed by atoms with Crippen LogP contribution in [0.5, 0.6) is 0 Å². The highest BCUT2D eigenvalue weighted by Gasteiger charge is 2.08. The first-order valence-electron chi connectivity index (χ1n) is 5.31. The van der Waals surface area contributed by atoms with Crippen molar-refractivity contribution in [2.24, 2.45) is 0 Å². The van der Waals surface area contributed by atoms with Gasteiger partial charge in [-0.2, -0.15) is 0 Å². The van der Waals surface area contributed by atoms with E-state index >= 15 is 0 Å². The minimum atomic E-state index is 0.151. The summed E-state index contributed by atoms with van der Waals surface area (Å²) in [5, 5.41) is 0.930. The number of fused-ring (bicyclic) bond motifs is 1. The summed E-state index contributed by atoms with van der Waals surface area (Å²) in [6.07, 6.45) is 4.68. The first-order chi connectivity index (χ1) is 7.83. The molecule has 0 aliphatic carbocycles. The number of hydrogen-bond acceptors (Lipinski definition) is 2. The van der Waals surface area contributed by atoms with E-state index in [-0.39, 0.29) is 5.78 Å². The molecule has 0 spiro atoms. The van der Waals surface area contributed by atoms with Crippen LogP contribution in [0.25, 0.3) is 10.9 Å². The molecular formula is C14H13NO. The second-order valence-corrected chi connectivity index (χ2v) is 3.63. The first-order valence-corrected chi connectivity index (χ1v) is 5.31. The Bertz CT molecular complexity index is 526. The molecule has 2 rings (SSSR count). The molecule has 0 fully saturated rings. The van der Waals surface area contributed by atoms with E-state index in [0.717, 1.165) is 22.9 Å². The van der Waals surface area contributed by atoms with Crippen molar-refractivity contribution in [2.75, 3.05) is 0 Å². The Labute approximate surface area is 94.6 Å². The highest BCUT2D eigenvalue weighted by molar-refractivity contribution is 6.07. The van der Waals surface area contributed by atoms with Crippen LogP contribution in [0.3, 0.4) is 0 Å². The molecule has 0 saturated carbocycles. The van der Waals surface area contributed by atoms with Gasteiger partial charge in [0.05, 0.1) is 5.52 Å². The van der Waals surface area contributed by atoms with Gasteiger partial charge in [-0.15, -0.1) is 6.58 Å². The Balaban J connectivity index is 2.44. The lowest BCUT2D eigenvalue weighted by atomic mass is 10.0. The molecule has 2 nitrogen and oxygen atoms in total. The zero-order valence-corrected chi connectivity index (χ0v) is 9.02. The molecule has 0 aliphatic rings. The second-order valence-electron chi connectivity index (χ2n) is 3.63. The number of Topliss-reactive ketones (excluding diaryl/α,β-unsaturated/α-hetero) is 1. The average Bonchev–Trinajstić information content (AvgIpc) is 2.35. The largest absolute Gasteiger partial charge is 0.294 e. The molecule has 0 saturated heterocycles. The van der Waals surface area contributed by atoms with Crippen LogP contribution in [0.15, 0.2) is 49.2 Å². The Morgan fingerprint density at radius 1 is 1.31 bits per heavy atom. The van der Waals surface area contributed by atoms with E-state index in [1.54, 1.807) is 18.3 Å². The highest BCUT2D eigenvalue weighted by atomic mass is 16.1. The van der Waals surface area contributed by atoms with Gasteiger partial charge in [0.25, 0.3) is 0 Å². The lowest BCUT2D eigenvalue weighted by molar-refractivity contribution is 0.0985. The molecular weight excluding hydrogens is 198 g/mol. The summed E-state index contributed by atoms with van der Waals surface area (Å²) < 4.78 is 0. The highest BCUT2D eigenvalue weighted by Crippen LogP contribution is 2.18. The maximum absolute atomic E-state index is 11.9. The molecule has 0 atom stereocenters. The van der Waals surface area contributed by atoms with Crippen molar-refractivity contribution in [3.8, 4) is 0 Å². The Morgan fingerprint density at radius 3 is 2.94 bits per heavy atom. The minimum Gasteiger partial charge on any atom is -0.294 e. The number of nitrogens with zero attached hydrogens (tertiary/aromatic N) is 1. The van der Waals surface area contributed by atoms with Gasteiger partial charge in [0.1, 0.15) is 0 Å². The van der Waals surface area contributed by atoms with E-state index in [4.69, 9.17) is 0 Å². The van der Waals surface area contributed by atoms with Crippen LogP contribution < -0.4 is 0 Å². The van der Waals surface area contributed by atoms with Crippen LogP contribution >= 0.6 is 0 Å². The molecule has 0 bridgehead atoms. The molecule has 2 heteroatoms. The molecule has 0 radical (unpaired) electrons. The standard InChI is InChI=1S/C14H13NO/c1-2-3-8-14(16)12-9-10-15-13-7-5-4-6-11(12)13/h2,4-7,9-10H,1,3,8H2. The lowest BCUT2D eigenvalue weighted by Crippen LogP contribution is -1.99. The summed E-state index contributed by atoms with van der Waals surface area (Å²) in [5.41, 5.74) is 1.62. The van der Waals surface area contributed by atoms with Gasteiger partial charge >= 0.3 is 0 Å². The SMILES string of the molecule is C=CCCC(=O)c1ccnc2ccccc12. The Morgan fingerprint density at radius 2 is 2.12 bits per heavy atom. The molecule has 0 amide bonds. The third kappa shape index (κ3) is 2.01. The van der Waals surface area contributed by atoms with E-state index in [1.165, 1.54) is 0 Å². The fourth-order valence-corrected chi connectivity index (χ4v) is 1.71. The van der Waals surface area contributed by atoms with E-state index < -0.39 is 0 Å². The predicted octanol–water partition coefficient (Wildman–Crippen LogP) is 3.38. The van der Waals surface area contributed by atoms with Gasteiger partial charge in [0.15, 0.2) is 5.78 Å². The van der Waals surface area contributed by atoms with Crippen molar-refractivity contribution in [3.05, 3.63) is 54.7 Å². The summed E-state index contributed by atoms with van der Waals surface area (Å²) in [6.45, 7) is 3.62. The number of hydrogen-bond donors (Lipinski definition) is 0. The number of pyridine rings is 1. The van der Waals surface area contributed by atoms with E-state index in [2.05, 4.69) is 11.6 Å². The fraction of sp³-hybridized carbons (Fsp3) is 0.143. The number of allylic oxidation sites excluding steroid dienone is 1. The molecule has 0 N–H and O–H groups in total. The number of benzene rings is 1. The number of ketones is 1. The minimum absolute atomic E-state index is 0.151. The summed E-state index contributed by atoms with van der Waals surface area (Å²) >= 11 is 0. The van der Waals surface area contributed by atoms with Crippen molar-refractivity contribution in [2.45, 2.75) is 12.8 Å². The van der Waals surface area contributed by atoms with Gasteiger partial charge in [-0.3, -0.25) is 9.78 Å². The number of para-hydroxylation sites is 1. The van der Waals surface area contributed by atoms with Gasteiger partial charge < -0.3 is 0 Å². The van der Waals surface area contributed by atoms with Gasteiger partial charge in [-0.05, 0) is 18.6 Å². The summed E-state index contributed by atoms with van der Waals surface area (Å²) in [4.78, 5) is 16.2. The summed E-state index contributed by atoms with van der Waals surface area (Å²) in [6, 6.07) is 9.48. The first kappa shape index (κ1) is 10.6. The maximum Gasteiger partial charge on any atom is 0.163 e. The molecule has 2 aromatic rings. The molecule has 16 heavy (non-hydrogen) atoms. The van der Waals surface area contributed by atoms with Crippen molar-refractivity contribution in [3.63, 3.8) is 0 Å². The summed E-state index contributed by atoms with van der Waals surface area (Å²) in [7, 11) is 0. The van der Waals surface area contributed by atoms with E-state index in [1.807, 2.05) is 24.3 Å². The summed E-state index contributed by atoms with van der Waals surface area (Å²) in [5.74, 6) is 0.151. The monoisotopic (exact) mass is 211 g/mol. The molecule has 0 unspecified atom stereocenters. The van der Waals surface area contributed by atoms with Crippen LogP contribution in [0.1, 0.15) is 23.2 Å². The van der Waals surface area contributed by atoms with E-state index in [9.17, 15) is 4.79 Å². The molecule has 1 heterocycles. The van der Waals surface area contributed by atoms with Crippen molar-refractivity contribution in [1.29, 1.82) is 0 Å². The zero-order valence-electron chi connectivity index (χ0n) is 9.02. The van der Waals surface area contributed by atoms with Gasteiger partial charge in [0, 0.05) is 23.6 Å². The third-order valence-electron chi connectivity index (χ3n) is 2.52. The van der Waals surface area contributed by atoms with Crippen LogP contribution in [0.4, 0.5) is 0 Å². The second kappa shape index (κ2) is 4.71. The van der Waals surface area contributed by atoms with Crippen molar-refractivity contribution < 1.29 is 4.79 Å². The van der Waals surface area contributed by atoms with E-state index in [0.29, 0.717) is 6.42 Å². The lowest BCUT2D eigenvalue weighted by Gasteiger charge is -2.03. The average molecular weight is 211 g/mol. The van der Waals surface area contributed by atoms with Crippen LogP contribution in [-0.4, -0.2) is 10.8 Å². The molecule has 1 aromatic carbocycles. The number of carbonyl (C=O) groups excluding carboxylic acids is 1. The van der Waals surface area contributed by atoms with Crippen molar-refractivity contribution in [1.82, 2.24) is 4.98 Å². The smallest absolute Gasteiger partial charge is 0.163 e. The molecule has 1 aromatic heterocycles.